The number of pyridine rings is 1. The normalized spacial score (nSPS) is 9.70. The van der Waals surface area contributed by atoms with E-state index in [1.165, 1.54) is 6.07 Å². The van der Waals surface area contributed by atoms with Gasteiger partial charge in [0.15, 0.2) is 5.49 Å². The number of hydrogen-bond acceptors (Lipinski definition) is 2. The molecule has 0 atom stereocenters. The fourth-order valence-corrected chi connectivity index (χ4v) is 0.850. The standard InChI is InChI=1S/C6H7ClN2O/c7-4-5-2-1-3-6(8)9(5)10/h1-3,8,10H,4H2. The maximum Gasteiger partial charge on any atom is 0.160 e. The van der Waals surface area contributed by atoms with Gasteiger partial charge in [-0.3, -0.25) is 5.41 Å². The van der Waals surface area contributed by atoms with Crippen molar-refractivity contribution in [2.45, 2.75) is 5.88 Å². The summed E-state index contributed by atoms with van der Waals surface area (Å²) in [5, 5.41) is 16.2. The molecule has 0 amide bonds. The Kier molecular flexibility index (Phi) is 1.97. The Morgan fingerprint density at radius 2 is 2.30 bits per heavy atom. The molecule has 1 aromatic heterocycles. The molecule has 2 N–H and O–H groups in total. The van der Waals surface area contributed by atoms with E-state index < -0.39 is 0 Å². The monoisotopic (exact) mass is 158 g/mol. The van der Waals surface area contributed by atoms with Gasteiger partial charge in [-0.05, 0) is 12.1 Å². The third-order valence-corrected chi connectivity index (χ3v) is 1.45. The van der Waals surface area contributed by atoms with E-state index in [0.717, 1.165) is 4.73 Å². The van der Waals surface area contributed by atoms with Gasteiger partial charge in [-0.2, -0.15) is 4.73 Å². The van der Waals surface area contributed by atoms with E-state index in [-0.39, 0.29) is 11.4 Å². The van der Waals surface area contributed by atoms with E-state index in [2.05, 4.69) is 0 Å². The van der Waals surface area contributed by atoms with E-state index >= 15 is 0 Å². The van der Waals surface area contributed by atoms with Crippen molar-refractivity contribution in [3.8, 4) is 0 Å². The molecule has 0 aromatic carbocycles. The first-order valence-electron chi connectivity index (χ1n) is 2.76. The summed E-state index contributed by atoms with van der Waals surface area (Å²) < 4.78 is 0.757. The molecule has 0 aliphatic rings. The maximum atomic E-state index is 9.04. The molecule has 1 heterocycles. The van der Waals surface area contributed by atoms with E-state index in [0.29, 0.717) is 5.69 Å². The highest BCUT2D eigenvalue weighted by molar-refractivity contribution is 6.16. The second kappa shape index (κ2) is 2.75. The highest BCUT2D eigenvalue weighted by Crippen LogP contribution is 1.96. The number of alkyl halides is 1. The van der Waals surface area contributed by atoms with Crippen LogP contribution in [0.15, 0.2) is 18.2 Å². The average molecular weight is 159 g/mol. The summed E-state index contributed by atoms with van der Waals surface area (Å²) in [4.78, 5) is 0. The molecule has 0 aliphatic carbocycles. The van der Waals surface area contributed by atoms with Crippen LogP contribution < -0.4 is 5.49 Å². The summed E-state index contributed by atoms with van der Waals surface area (Å²) in [6, 6.07) is 4.81. The zero-order valence-electron chi connectivity index (χ0n) is 5.21. The second-order valence-corrected chi connectivity index (χ2v) is 2.12. The lowest BCUT2D eigenvalue weighted by Crippen LogP contribution is -2.19. The van der Waals surface area contributed by atoms with Crippen molar-refractivity contribution < 1.29 is 5.21 Å². The molecular weight excluding hydrogens is 152 g/mol. The first-order valence-corrected chi connectivity index (χ1v) is 3.30. The number of halogens is 1. The topological polar surface area (TPSA) is 49.0 Å². The lowest BCUT2D eigenvalue weighted by molar-refractivity contribution is 0.163. The molecule has 0 saturated carbocycles. The van der Waals surface area contributed by atoms with Gasteiger partial charge in [0, 0.05) is 0 Å². The number of rotatable bonds is 1. The minimum absolute atomic E-state index is 0.0400. The van der Waals surface area contributed by atoms with Crippen molar-refractivity contribution in [3.05, 3.63) is 29.4 Å². The van der Waals surface area contributed by atoms with E-state index in [1.807, 2.05) is 0 Å². The quantitative estimate of drug-likeness (QED) is 0.464. The number of nitrogens with one attached hydrogen (secondary N) is 1. The van der Waals surface area contributed by atoms with Gasteiger partial charge in [0.25, 0.3) is 0 Å². The first kappa shape index (κ1) is 7.15. The predicted molar refractivity (Wildman–Crippen MR) is 37.0 cm³/mol. The van der Waals surface area contributed by atoms with Crippen LogP contribution in [-0.4, -0.2) is 9.94 Å². The molecule has 3 nitrogen and oxygen atoms in total. The van der Waals surface area contributed by atoms with Gasteiger partial charge >= 0.3 is 0 Å². The highest BCUT2D eigenvalue weighted by atomic mass is 35.5. The molecule has 10 heavy (non-hydrogen) atoms. The molecule has 4 heteroatoms. The first-order chi connectivity index (χ1) is 4.75. The summed E-state index contributed by atoms with van der Waals surface area (Å²) in [5.41, 5.74) is 0.562. The second-order valence-electron chi connectivity index (χ2n) is 1.85. The van der Waals surface area contributed by atoms with E-state index in [1.54, 1.807) is 12.1 Å². The van der Waals surface area contributed by atoms with Crippen LogP contribution in [0, 0.1) is 5.41 Å². The fourth-order valence-electron chi connectivity index (χ4n) is 0.647. The molecule has 0 aliphatic heterocycles. The summed E-state index contributed by atoms with van der Waals surface area (Å²) in [6.07, 6.45) is 0. The van der Waals surface area contributed by atoms with Crippen LogP contribution in [0.4, 0.5) is 0 Å². The van der Waals surface area contributed by atoms with Gasteiger partial charge in [-0.1, -0.05) is 6.07 Å². The van der Waals surface area contributed by atoms with Gasteiger partial charge in [0.1, 0.15) is 0 Å². The van der Waals surface area contributed by atoms with Gasteiger partial charge in [-0.25, -0.2) is 0 Å². The van der Waals surface area contributed by atoms with Crippen molar-refractivity contribution in [1.82, 2.24) is 4.73 Å². The minimum Gasteiger partial charge on any atom is -0.427 e. The van der Waals surface area contributed by atoms with Crippen LogP contribution in [0.5, 0.6) is 0 Å². The maximum absolute atomic E-state index is 9.04. The third kappa shape index (κ3) is 1.14. The van der Waals surface area contributed by atoms with Crippen molar-refractivity contribution in [3.63, 3.8) is 0 Å². The number of nitrogens with zero attached hydrogens (tertiary/aromatic N) is 1. The third-order valence-electron chi connectivity index (χ3n) is 1.18. The smallest absolute Gasteiger partial charge is 0.160 e. The van der Waals surface area contributed by atoms with Gasteiger partial charge in [-0.15, -0.1) is 11.6 Å². The lowest BCUT2D eigenvalue weighted by atomic mass is 10.4. The SMILES string of the molecule is N=c1cccc(CCl)n1O. The van der Waals surface area contributed by atoms with Crippen LogP contribution in [0.3, 0.4) is 0 Å². The van der Waals surface area contributed by atoms with Crippen LogP contribution in [0.25, 0.3) is 0 Å². The van der Waals surface area contributed by atoms with Crippen LogP contribution in [0.2, 0.25) is 0 Å². The number of hydrogen-bond donors (Lipinski definition) is 2. The lowest BCUT2D eigenvalue weighted by Gasteiger charge is -2.01. The molecular formula is C6H7ClN2O. The van der Waals surface area contributed by atoms with Gasteiger partial charge in [0.2, 0.25) is 0 Å². The molecule has 0 fully saturated rings. The van der Waals surface area contributed by atoms with Crippen molar-refractivity contribution in [2.24, 2.45) is 0 Å². The predicted octanol–water partition coefficient (Wildman–Crippen LogP) is 0.944. The number of aromatic nitrogens is 1. The Morgan fingerprint density at radius 1 is 1.60 bits per heavy atom. The summed E-state index contributed by atoms with van der Waals surface area (Å²) in [5.74, 6) is 0.212. The Morgan fingerprint density at radius 3 is 2.80 bits per heavy atom. The molecule has 0 bridgehead atoms. The Hall–Kier alpha value is -0.960. The average Bonchev–Trinajstić information content (AvgIpc) is 1.95. The zero-order valence-corrected chi connectivity index (χ0v) is 5.97. The summed E-state index contributed by atoms with van der Waals surface area (Å²) in [6.45, 7) is 0. The van der Waals surface area contributed by atoms with Gasteiger partial charge in [0.05, 0.1) is 11.6 Å². The molecule has 1 aromatic rings. The molecule has 54 valence electrons. The van der Waals surface area contributed by atoms with Crippen LogP contribution in [0.1, 0.15) is 5.69 Å². The fraction of sp³-hybridized carbons (Fsp3) is 0.167. The minimum atomic E-state index is 0.0400. The van der Waals surface area contributed by atoms with E-state index in [4.69, 9.17) is 22.2 Å². The molecule has 0 unspecified atom stereocenters. The molecule has 0 radical (unpaired) electrons. The highest BCUT2D eigenvalue weighted by Gasteiger charge is 1.94. The van der Waals surface area contributed by atoms with Crippen molar-refractivity contribution >= 4 is 11.6 Å². The Balaban J connectivity index is 3.28. The van der Waals surface area contributed by atoms with Crippen LogP contribution in [-0.2, 0) is 5.88 Å². The van der Waals surface area contributed by atoms with Crippen molar-refractivity contribution in [2.75, 3.05) is 0 Å². The van der Waals surface area contributed by atoms with Crippen molar-refractivity contribution in [1.29, 1.82) is 5.41 Å². The summed E-state index contributed by atoms with van der Waals surface area (Å²) in [7, 11) is 0. The zero-order chi connectivity index (χ0) is 7.56. The van der Waals surface area contributed by atoms with E-state index in [9.17, 15) is 0 Å². The molecule has 1 rings (SSSR count). The molecule has 0 spiro atoms. The van der Waals surface area contributed by atoms with Gasteiger partial charge < -0.3 is 5.21 Å². The summed E-state index contributed by atoms with van der Waals surface area (Å²) >= 11 is 5.44. The van der Waals surface area contributed by atoms with Crippen LogP contribution >= 0.6 is 11.6 Å². The Bertz CT molecular complexity index is 281. The Labute approximate surface area is 63.0 Å². The molecule has 0 saturated heterocycles. The largest absolute Gasteiger partial charge is 0.427 e.